The lowest BCUT2D eigenvalue weighted by atomic mass is 9.97. The Morgan fingerprint density at radius 1 is 0.714 bits per heavy atom. The molecule has 0 fully saturated rings. The smallest absolute Gasteiger partial charge is 0.335 e. The molecule has 0 bridgehead atoms. The highest BCUT2D eigenvalue weighted by molar-refractivity contribution is 5.89. The molecule has 4 aromatic rings. The molecule has 0 heterocycles. The van der Waals surface area contributed by atoms with Crippen molar-refractivity contribution < 1.29 is 9.90 Å². The normalized spacial score (nSPS) is 10.9. The molecule has 28 heavy (non-hydrogen) atoms. The minimum absolute atomic E-state index is 0.378. The molecule has 0 aliphatic rings. The summed E-state index contributed by atoms with van der Waals surface area (Å²) in [5.74, 6) is -0.867. The lowest BCUT2D eigenvalue weighted by molar-refractivity contribution is 0.0696. The van der Waals surface area contributed by atoms with Gasteiger partial charge in [0.15, 0.2) is 0 Å². The maximum Gasteiger partial charge on any atom is 0.335 e. The van der Waals surface area contributed by atoms with Gasteiger partial charge < -0.3 is 5.11 Å². The van der Waals surface area contributed by atoms with Crippen molar-refractivity contribution in [2.45, 2.75) is 19.8 Å². The number of carboxylic acids is 1. The zero-order valence-electron chi connectivity index (χ0n) is 15.9. The van der Waals surface area contributed by atoms with Crippen LogP contribution in [0.25, 0.3) is 21.9 Å². The maximum atomic E-state index is 11.2. The fourth-order valence-electron chi connectivity index (χ4n) is 3.67. The summed E-state index contributed by atoms with van der Waals surface area (Å²) in [7, 11) is 0. The predicted octanol–water partition coefficient (Wildman–Crippen LogP) is 6.30. The molecule has 0 amide bonds. The van der Waals surface area contributed by atoms with Gasteiger partial charge in [-0.2, -0.15) is 0 Å². The first kappa shape index (κ1) is 18.0. The van der Waals surface area contributed by atoms with E-state index in [-0.39, 0.29) is 0 Å². The summed E-state index contributed by atoms with van der Waals surface area (Å²) in [5.41, 5.74) is 6.12. The van der Waals surface area contributed by atoms with E-state index in [0.717, 1.165) is 18.4 Å². The van der Waals surface area contributed by atoms with Gasteiger partial charge in [-0.3, -0.25) is 0 Å². The molecule has 4 rings (SSSR count). The summed E-state index contributed by atoms with van der Waals surface area (Å²) < 4.78 is 0. The van der Waals surface area contributed by atoms with Gasteiger partial charge in [-0.1, -0.05) is 72.8 Å². The molecule has 0 aliphatic heterocycles. The van der Waals surface area contributed by atoms with Crippen LogP contribution in [0.5, 0.6) is 0 Å². The van der Waals surface area contributed by atoms with Crippen LogP contribution in [0.2, 0.25) is 0 Å². The number of carbonyl (C=O) groups is 1. The van der Waals surface area contributed by atoms with E-state index in [1.165, 1.54) is 33.0 Å². The topological polar surface area (TPSA) is 37.3 Å². The zero-order chi connectivity index (χ0) is 19.5. The summed E-state index contributed by atoms with van der Waals surface area (Å²) in [5, 5.41) is 11.6. The van der Waals surface area contributed by atoms with Crippen molar-refractivity contribution in [3.63, 3.8) is 0 Å². The molecular weight excluding hydrogens is 344 g/mol. The second kappa shape index (κ2) is 7.69. The van der Waals surface area contributed by atoms with Crippen molar-refractivity contribution in [3.05, 3.63) is 107 Å². The van der Waals surface area contributed by atoms with Crippen molar-refractivity contribution in [3.8, 4) is 11.1 Å². The summed E-state index contributed by atoms with van der Waals surface area (Å²) >= 11 is 0. The zero-order valence-corrected chi connectivity index (χ0v) is 15.9. The molecular formula is C26H22O2. The van der Waals surface area contributed by atoms with Gasteiger partial charge in [0.05, 0.1) is 5.56 Å². The van der Waals surface area contributed by atoms with E-state index in [9.17, 15) is 4.79 Å². The molecule has 4 aromatic carbocycles. The van der Waals surface area contributed by atoms with Crippen LogP contribution >= 0.6 is 0 Å². The van der Waals surface area contributed by atoms with Gasteiger partial charge in [0.1, 0.15) is 0 Å². The fourth-order valence-corrected chi connectivity index (χ4v) is 3.67. The van der Waals surface area contributed by atoms with Gasteiger partial charge >= 0.3 is 5.97 Å². The van der Waals surface area contributed by atoms with Crippen LogP contribution in [-0.2, 0) is 12.8 Å². The van der Waals surface area contributed by atoms with Crippen LogP contribution in [-0.4, -0.2) is 11.1 Å². The Hall–Kier alpha value is -3.39. The van der Waals surface area contributed by atoms with E-state index in [0.29, 0.717) is 5.56 Å². The average molecular weight is 366 g/mol. The van der Waals surface area contributed by atoms with Crippen LogP contribution in [0.1, 0.15) is 27.0 Å². The number of hydrogen-bond donors (Lipinski definition) is 1. The maximum absolute atomic E-state index is 11.2. The lowest BCUT2D eigenvalue weighted by Crippen LogP contribution is -2.01. The predicted molar refractivity (Wildman–Crippen MR) is 115 cm³/mol. The summed E-state index contributed by atoms with van der Waals surface area (Å²) in [4.78, 5) is 11.2. The Morgan fingerprint density at radius 2 is 1.36 bits per heavy atom. The number of aryl methyl sites for hydroxylation is 3. The summed E-state index contributed by atoms with van der Waals surface area (Å²) in [6.07, 6.45) is 1.83. The Balaban J connectivity index is 1.52. The Kier molecular flexibility index (Phi) is 4.94. The van der Waals surface area contributed by atoms with E-state index in [1.54, 1.807) is 6.07 Å². The van der Waals surface area contributed by atoms with Crippen molar-refractivity contribution in [2.24, 2.45) is 0 Å². The fraction of sp³-hybridized carbons (Fsp3) is 0.115. The number of benzene rings is 4. The van der Waals surface area contributed by atoms with Crippen molar-refractivity contribution >= 4 is 16.7 Å². The van der Waals surface area contributed by atoms with Gasteiger partial charge in [0.2, 0.25) is 0 Å². The van der Waals surface area contributed by atoms with E-state index >= 15 is 0 Å². The third kappa shape index (κ3) is 3.81. The number of fused-ring (bicyclic) bond motifs is 1. The van der Waals surface area contributed by atoms with Gasteiger partial charge in [0.25, 0.3) is 0 Å². The van der Waals surface area contributed by atoms with Crippen molar-refractivity contribution in [1.29, 1.82) is 0 Å². The Morgan fingerprint density at radius 3 is 2.07 bits per heavy atom. The SMILES string of the molecule is Cc1cc(CCc2ccc3cc(-c4ccccc4)ccc3c2)ccc1C(=O)O. The van der Waals surface area contributed by atoms with Crippen LogP contribution < -0.4 is 0 Å². The molecule has 138 valence electrons. The first-order valence-electron chi connectivity index (χ1n) is 9.51. The largest absolute Gasteiger partial charge is 0.478 e. The minimum atomic E-state index is -0.867. The molecule has 0 saturated carbocycles. The Bertz CT molecular complexity index is 1140. The molecule has 1 N–H and O–H groups in total. The van der Waals surface area contributed by atoms with Crippen LogP contribution in [0.15, 0.2) is 84.9 Å². The molecule has 2 nitrogen and oxygen atoms in total. The number of hydrogen-bond acceptors (Lipinski definition) is 1. The molecule has 2 heteroatoms. The standard InChI is InChI=1S/C26H22O2/c1-18-15-19(10-14-25(18)26(27)28)7-8-20-9-11-24-17-23(13-12-22(24)16-20)21-5-3-2-4-6-21/h2-6,9-17H,7-8H2,1H3,(H,27,28). The highest BCUT2D eigenvalue weighted by Crippen LogP contribution is 2.25. The molecule has 0 atom stereocenters. The van der Waals surface area contributed by atoms with E-state index < -0.39 is 5.97 Å². The second-order valence-electron chi connectivity index (χ2n) is 7.22. The van der Waals surface area contributed by atoms with E-state index in [2.05, 4.69) is 60.7 Å². The lowest BCUT2D eigenvalue weighted by Gasteiger charge is -2.08. The summed E-state index contributed by atoms with van der Waals surface area (Å²) in [6.45, 7) is 1.85. The van der Waals surface area contributed by atoms with Gasteiger partial charge in [0, 0.05) is 0 Å². The molecule has 0 spiro atoms. The third-order valence-electron chi connectivity index (χ3n) is 5.24. The number of aromatic carboxylic acids is 1. The number of carboxylic acid groups (broad SMARTS) is 1. The molecule has 0 unspecified atom stereocenters. The quantitative estimate of drug-likeness (QED) is 0.450. The average Bonchev–Trinajstić information content (AvgIpc) is 2.72. The van der Waals surface area contributed by atoms with Crippen LogP contribution in [0.3, 0.4) is 0 Å². The highest BCUT2D eigenvalue weighted by atomic mass is 16.4. The monoisotopic (exact) mass is 366 g/mol. The minimum Gasteiger partial charge on any atom is -0.478 e. The van der Waals surface area contributed by atoms with Crippen molar-refractivity contribution in [2.75, 3.05) is 0 Å². The van der Waals surface area contributed by atoms with Crippen LogP contribution in [0.4, 0.5) is 0 Å². The first-order valence-corrected chi connectivity index (χ1v) is 9.51. The third-order valence-corrected chi connectivity index (χ3v) is 5.24. The first-order chi connectivity index (χ1) is 13.6. The summed E-state index contributed by atoms with van der Waals surface area (Å²) in [6, 6.07) is 29.3. The van der Waals surface area contributed by atoms with Crippen molar-refractivity contribution in [1.82, 2.24) is 0 Å². The molecule has 0 saturated heterocycles. The van der Waals surface area contributed by atoms with E-state index in [1.807, 2.05) is 25.1 Å². The van der Waals surface area contributed by atoms with Gasteiger partial charge in [-0.15, -0.1) is 0 Å². The molecule has 0 aliphatic carbocycles. The number of rotatable bonds is 5. The highest BCUT2D eigenvalue weighted by Gasteiger charge is 2.07. The van der Waals surface area contributed by atoms with Gasteiger partial charge in [-0.25, -0.2) is 4.79 Å². The van der Waals surface area contributed by atoms with Crippen LogP contribution in [0, 0.1) is 6.92 Å². The van der Waals surface area contributed by atoms with E-state index in [4.69, 9.17) is 5.11 Å². The second-order valence-corrected chi connectivity index (χ2v) is 7.22. The molecule has 0 aromatic heterocycles. The molecule has 0 radical (unpaired) electrons. The van der Waals surface area contributed by atoms with Gasteiger partial charge in [-0.05, 0) is 70.5 Å². The Labute approximate surface area is 165 Å².